The quantitative estimate of drug-likeness (QED) is 0.715. The molecule has 0 aliphatic heterocycles. The minimum Gasteiger partial charge on any atom is -0.445 e. The Morgan fingerprint density at radius 2 is 1.91 bits per heavy atom. The van der Waals surface area contributed by atoms with Crippen LogP contribution < -0.4 is 10.6 Å². The first-order valence-corrected chi connectivity index (χ1v) is 7.22. The van der Waals surface area contributed by atoms with Crippen LogP contribution in [-0.2, 0) is 20.9 Å². The molecule has 0 aliphatic carbocycles. The van der Waals surface area contributed by atoms with Gasteiger partial charge in [0.1, 0.15) is 12.9 Å². The first-order valence-electron chi connectivity index (χ1n) is 7.22. The summed E-state index contributed by atoms with van der Waals surface area (Å²) in [6.07, 6.45) is 0.231. The van der Waals surface area contributed by atoms with Crippen LogP contribution in [0.15, 0.2) is 30.3 Å². The smallest absolute Gasteiger partial charge is 0.407 e. The molecule has 120 valence electrons. The molecule has 0 fully saturated rings. The number of carbonyl (C=O) groups excluding carboxylic acids is 3. The molecule has 2 amide bonds. The molecule has 6 heteroatoms. The van der Waals surface area contributed by atoms with Crippen LogP contribution in [-0.4, -0.2) is 30.9 Å². The van der Waals surface area contributed by atoms with Gasteiger partial charge in [0.15, 0.2) is 0 Å². The van der Waals surface area contributed by atoms with E-state index in [-0.39, 0.29) is 31.4 Å². The molecule has 1 atom stereocenters. The lowest BCUT2D eigenvalue weighted by molar-refractivity contribution is -0.124. The lowest BCUT2D eigenvalue weighted by atomic mass is 10.1. The van der Waals surface area contributed by atoms with E-state index in [1.807, 2.05) is 44.2 Å². The Labute approximate surface area is 130 Å². The zero-order chi connectivity index (χ0) is 16.4. The Morgan fingerprint density at radius 3 is 2.50 bits per heavy atom. The average molecular weight is 306 g/mol. The minimum absolute atomic E-state index is 0.0326. The number of benzene rings is 1. The summed E-state index contributed by atoms with van der Waals surface area (Å²) in [7, 11) is 0. The Kier molecular flexibility index (Phi) is 7.67. The molecule has 0 aliphatic rings. The van der Waals surface area contributed by atoms with Crippen LogP contribution in [0.1, 0.15) is 25.8 Å². The lowest BCUT2D eigenvalue weighted by Gasteiger charge is -2.16. The van der Waals surface area contributed by atoms with Crippen LogP contribution >= 0.6 is 0 Å². The highest BCUT2D eigenvalue weighted by molar-refractivity contribution is 5.80. The maximum absolute atomic E-state index is 11.6. The number of hydrogen-bond acceptors (Lipinski definition) is 4. The molecule has 0 saturated carbocycles. The van der Waals surface area contributed by atoms with Crippen LogP contribution in [0.2, 0.25) is 0 Å². The van der Waals surface area contributed by atoms with Gasteiger partial charge in [-0.25, -0.2) is 4.79 Å². The summed E-state index contributed by atoms with van der Waals surface area (Å²) in [5.74, 6) is -0.251. The van der Waals surface area contributed by atoms with Gasteiger partial charge in [0.2, 0.25) is 5.91 Å². The van der Waals surface area contributed by atoms with E-state index in [9.17, 15) is 14.4 Å². The van der Waals surface area contributed by atoms with Gasteiger partial charge in [-0.15, -0.1) is 0 Å². The topological polar surface area (TPSA) is 84.5 Å². The molecule has 1 aromatic rings. The minimum atomic E-state index is -0.576. The highest BCUT2D eigenvalue weighted by Crippen LogP contribution is 2.01. The maximum atomic E-state index is 11.6. The molecule has 0 bridgehead atoms. The highest BCUT2D eigenvalue weighted by Gasteiger charge is 2.14. The van der Waals surface area contributed by atoms with Crippen molar-refractivity contribution in [3.8, 4) is 0 Å². The van der Waals surface area contributed by atoms with E-state index in [0.29, 0.717) is 6.29 Å². The van der Waals surface area contributed by atoms with Gasteiger partial charge >= 0.3 is 6.09 Å². The van der Waals surface area contributed by atoms with E-state index < -0.39 is 12.1 Å². The van der Waals surface area contributed by atoms with Crippen molar-refractivity contribution in [2.24, 2.45) is 5.92 Å². The molecule has 1 unspecified atom stereocenters. The normalized spacial score (nSPS) is 11.6. The largest absolute Gasteiger partial charge is 0.445 e. The fourth-order valence-electron chi connectivity index (χ4n) is 1.67. The van der Waals surface area contributed by atoms with E-state index in [1.54, 1.807) is 0 Å². The number of rotatable bonds is 8. The third-order valence-electron chi connectivity index (χ3n) is 3.03. The van der Waals surface area contributed by atoms with E-state index in [1.165, 1.54) is 0 Å². The summed E-state index contributed by atoms with van der Waals surface area (Å²) in [6.45, 7) is 4.03. The number of carbonyl (C=O) groups is 3. The van der Waals surface area contributed by atoms with Crippen LogP contribution in [0.4, 0.5) is 4.79 Å². The fourth-order valence-corrected chi connectivity index (χ4v) is 1.67. The van der Waals surface area contributed by atoms with Crippen LogP contribution in [0.5, 0.6) is 0 Å². The molecule has 0 radical (unpaired) electrons. The Morgan fingerprint density at radius 1 is 1.23 bits per heavy atom. The highest BCUT2D eigenvalue weighted by atomic mass is 16.5. The van der Waals surface area contributed by atoms with Crippen molar-refractivity contribution < 1.29 is 19.1 Å². The van der Waals surface area contributed by atoms with E-state index in [0.717, 1.165) is 5.56 Å². The van der Waals surface area contributed by atoms with Gasteiger partial charge in [0.05, 0.1) is 6.04 Å². The molecule has 2 N–H and O–H groups in total. The monoisotopic (exact) mass is 306 g/mol. The lowest BCUT2D eigenvalue weighted by Crippen LogP contribution is -2.41. The number of aldehydes is 1. The zero-order valence-electron chi connectivity index (χ0n) is 12.9. The molecule has 0 aromatic heterocycles. The number of ether oxygens (including phenoxy) is 1. The second-order valence-corrected chi connectivity index (χ2v) is 5.21. The van der Waals surface area contributed by atoms with Crippen molar-refractivity contribution >= 4 is 18.3 Å². The molecular weight excluding hydrogens is 284 g/mol. The van der Waals surface area contributed by atoms with Crippen molar-refractivity contribution in [3.63, 3.8) is 0 Å². The number of nitrogens with one attached hydrogen (secondary N) is 2. The van der Waals surface area contributed by atoms with E-state index >= 15 is 0 Å². The average Bonchev–Trinajstić information content (AvgIpc) is 2.51. The van der Waals surface area contributed by atoms with Crippen molar-refractivity contribution in [3.05, 3.63) is 35.9 Å². The van der Waals surface area contributed by atoms with Crippen LogP contribution in [0.25, 0.3) is 0 Å². The second-order valence-electron chi connectivity index (χ2n) is 5.21. The Bertz CT molecular complexity index is 488. The zero-order valence-corrected chi connectivity index (χ0v) is 12.9. The molecule has 0 saturated heterocycles. The van der Waals surface area contributed by atoms with Crippen LogP contribution in [0, 0.1) is 5.92 Å². The first kappa shape index (κ1) is 17.7. The van der Waals surface area contributed by atoms with Gasteiger partial charge in [0.25, 0.3) is 0 Å². The first-order chi connectivity index (χ1) is 10.5. The third kappa shape index (κ3) is 6.88. The van der Waals surface area contributed by atoms with Crippen molar-refractivity contribution in [1.82, 2.24) is 10.6 Å². The number of amides is 2. The van der Waals surface area contributed by atoms with Gasteiger partial charge in [-0.2, -0.15) is 0 Å². The summed E-state index contributed by atoms with van der Waals surface area (Å²) in [5, 5.41) is 5.09. The SMILES string of the molecule is CC(C)C(C=O)NC(=O)CCNC(=O)OCc1ccccc1. The Balaban J connectivity index is 2.19. The molecule has 22 heavy (non-hydrogen) atoms. The molecule has 0 spiro atoms. The maximum Gasteiger partial charge on any atom is 0.407 e. The summed E-state index contributed by atoms with van der Waals surface area (Å²) in [6, 6.07) is 8.81. The van der Waals surface area contributed by atoms with Crippen molar-refractivity contribution in [2.45, 2.75) is 32.9 Å². The molecule has 1 aromatic carbocycles. The molecule has 1 rings (SSSR count). The summed E-state index contributed by atoms with van der Waals surface area (Å²) in [5.41, 5.74) is 0.890. The number of alkyl carbamates (subject to hydrolysis) is 1. The predicted molar refractivity (Wildman–Crippen MR) is 82.1 cm³/mol. The van der Waals surface area contributed by atoms with Gasteiger partial charge in [-0.05, 0) is 11.5 Å². The standard InChI is InChI=1S/C16H22N2O4/c1-12(2)14(10-19)18-15(20)8-9-17-16(21)22-11-13-6-4-3-5-7-13/h3-7,10,12,14H,8-9,11H2,1-2H3,(H,17,21)(H,18,20). The van der Waals surface area contributed by atoms with E-state index in [2.05, 4.69) is 10.6 Å². The molecular formula is C16H22N2O4. The summed E-state index contributed by atoms with van der Waals surface area (Å²) < 4.78 is 5.01. The summed E-state index contributed by atoms with van der Waals surface area (Å²) in [4.78, 5) is 33.9. The van der Waals surface area contributed by atoms with Gasteiger partial charge in [-0.1, -0.05) is 44.2 Å². The van der Waals surface area contributed by atoms with Gasteiger partial charge in [0, 0.05) is 13.0 Å². The second kappa shape index (κ2) is 9.55. The van der Waals surface area contributed by atoms with Crippen molar-refractivity contribution in [2.75, 3.05) is 6.54 Å². The van der Waals surface area contributed by atoms with Gasteiger partial charge < -0.3 is 20.2 Å². The molecule has 6 nitrogen and oxygen atoms in total. The molecule has 0 heterocycles. The predicted octanol–water partition coefficient (Wildman–Crippen LogP) is 1.64. The fraction of sp³-hybridized carbons (Fsp3) is 0.438. The summed E-state index contributed by atoms with van der Waals surface area (Å²) >= 11 is 0. The third-order valence-corrected chi connectivity index (χ3v) is 3.03. The van der Waals surface area contributed by atoms with Gasteiger partial charge in [-0.3, -0.25) is 4.79 Å². The van der Waals surface area contributed by atoms with Crippen LogP contribution in [0.3, 0.4) is 0 Å². The Hall–Kier alpha value is -2.37. The van der Waals surface area contributed by atoms with Crippen molar-refractivity contribution in [1.29, 1.82) is 0 Å². The van der Waals surface area contributed by atoms with E-state index in [4.69, 9.17) is 4.74 Å². The number of hydrogen-bond donors (Lipinski definition) is 2.